The average molecular weight is 485 g/mol. The Bertz CT molecular complexity index is 1220. The first-order valence-electron chi connectivity index (χ1n) is 12.2. The average Bonchev–Trinajstić information content (AvgIpc) is 2.90. The molecule has 7 nitrogen and oxygen atoms in total. The molecule has 0 fully saturated rings. The Hall–Kier alpha value is -3.73. The van der Waals surface area contributed by atoms with Crippen LogP contribution in [0, 0.1) is 17.8 Å². The van der Waals surface area contributed by atoms with Crippen molar-refractivity contribution in [3.8, 4) is 17.7 Å². The number of aliphatic hydroxyl groups excluding tert-OH is 1. The summed E-state index contributed by atoms with van der Waals surface area (Å²) in [5, 5.41) is 9.86. The molecule has 3 heterocycles. The molecule has 0 saturated heterocycles. The van der Waals surface area contributed by atoms with E-state index in [0.717, 1.165) is 11.3 Å². The van der Waals surface area contributed by atoms with Crippen LogP contribution in [0.1, 0.15) is 41.0 Å². The zero-order chi connectivity index (χ0) is 25.5. The van der Waals surface area contributed by atoms with Gasteiger partial charge in [0, 0.05) is 49.1 Å². The van der Waals surface area contributed by atoms with E-state index in [9.17, 15) is 9.90 Å². The Morgan fingerprint density at radius 2 is 1.89 bits per heavy atom. The summed E-state index contributed by atoms with van der Waals surface area (Å²) in [5.74, 6) is 6.31. The van der Waals surface area contributed by atoms with Crippen LogP contribution in [-0.4, -0.2) is 69.7 Å². The summed E-state index contributed by atoms with van der Waals surface area (Å²) in [5.41, 5.74) is 2.85. The Labute approximate surface area is 212 Å². The molecule has 0 saturated carbocycles. The number of carbonyl (C=O) groups is 1. The minimum absolute atomic E-state index is 0.0154. The molecule has 186 valence electrons. The van der Waals surface area contributed by atoms with Crippen LogP contribution < -0.4 is 4.74 Å². The standard InChI is InChI=1S/C29H32N4O3/c1-21-17-33(22(2)20-34)29(35)26-15-24(13-12-23-9-5-4-6-10-23)16-31-28(26)36-27(21)19-32(3)18-25-11-7-8-14-30-25/h4-11,14-16,21-22,27,34H,17-20H2,1-3H3/t21-,22-,27+/m1/s1. The lowest BCUT2D eigenvalue weighted by molar-refractivity contribution is 0.0324. The number of nitrogens with zero attached hydrogens (tertiary/aromatic N) is 4. The normalized spacial score (nSPS) is 18.4. The van der Waals surface area contributed by atoms with Crippen molar-refractivity contribution in [1.29, 1.82) is 0 Å². The number of amides is 1. The molecule has 1 aliphatic heterocycles. The van der Waals surface area contributed by atoms with Crippen molar-refractivity contribution in [1.82, 2.24) is 19.8 Å². The van der Waals surface area contributed by atoms with Crippen molar-refractivity contribution < 1.29 is 14.6 Å². The van der Waals surface area contributed by atoms with E-state index in [-0.39, 0.29) is 30.6 Å². The number of hydrogen-bond acceptors (Lipinski definition) is 6. The molecule has 0 unspecified atom stereocenters. The molecule has 2 aromatic heterocycles. The van der Waals surface area contributed by atoms with E-state index in [2.05, 4.69) is 33.6 Å². The number of benzene rings is 1. The number of aromatic nitrogens is 2. The second-order valence-electron chi connectivity index (χ2n) is 9.33. The first-order chi connectivity index (χ1) is 17.4. The third kappa shape index (κ3) is 6.28. The molecule has 1 amide bonds. The molecule has 0 spiro atoms. The van der Waals surface area contributed by atoms with Crippen LogP contribution >= 0.6 is 0 Å². The van der Waals surface area contributed by atoms with Crippen molar-refractivity contribution in [3.05, 3.63) is 89.4 Å². The minimum atomic E-state index is -0.336. The second-order valence-corrected chi connectivity index (χ2v) is 9.33. The van der Waals surface area contributed by atoms with Crippen molar-refractivity contribution >= 4 is 5.91 Å². The van der Waals surface area contributed by atoms with Gasteiger partial charge in [-0.05, 0) is 44.3 Å². The molecule has 1 N–H and O–H groups in total. The van der Waals surface area contributed by atoms with Gasteiger partial charge in [-0.1, -0.05) is 43.0 Å². The fraction of sp³-hybridized carbons (Fsp3) is 0.345. The summed E-state index contributed by atoms with van der Waals surface area (Å²) >= 11 is 0. The number of likely N-dealkylation sites (N-methyl/N-ethyl adjacent to an activating group) is 1. The molecule has 0 radical (unpaired) electrons. The Balaban J connectivity index is 1.63. The number of aliphatic hydroxyl groups is 1. The number of rotatable bonds is 6. The fourth-order valence-corrected chi connectivity index (χ4v) is 4.19. The van der Waals surface area contributed by atoms with Gasteiger partial charge in [0.25, 0.3) is 5.91 Å². The summed E-state index contributed by atoms with van der Waals surface area (Å²) in [7, 11) is 2.03. The first kappa shape index (κ1) is 25.4. The second kappa shape index (κ2) is 11.8. The molecule has 3 aromatic rings. The van der Waals surface area contributed by atoms with Gasteiger partial charge in [-0.3, -0.25) is 14.7 Å². The summed E-state index contributed by atoms with van der Waals surface area (Å²) in [6.45, 7) is 5.55. The Kier molecular flexibility index (Phi) is 8.32. The smallest absolute Gasteiger partial charge is 0.259 e. The molecule has 0 aliphatic carbocycles. The molecule has 3 atom stereocenters. The van der Waals surface area contributed by atoms with E-state index in [1.807, 2.05) is 62.5 Å². The van der Waals surface area contributed by atoms with E-state index in [0.29, 0.717) is 36.6 Å². The Morgan fingerprint density at radius 3 is 2.61 bits per heavy atom. The van der Waals surface area contributed by atoms with Crippen molar-refractivity contribution in [2.75, 3.05) is 26.7 Å². The number of ether oxygens (including phenoxy) is 1. The third-order valence-corrected chi connectivity index (χ3v) is 6.30. The number of fused-ring (bicyclic) bond motifs is 1. The summed E-state index contributed by atoms with van der Waals surface area (Å²) in [4.78, 5) is 26.4. The van der Waals surface area contributed by atoms with Crippen LogP contribution in [0.15, 0.2) is 67.0 Å². The van der Waals surface area contributed by atoms with E-state index < -0.39 is 0 Å². The molecule has 1 aromatic carbocycles. The monoisotopic (exact) mass is 484 g/mol. The van der Waals surface area contributed by atoms with Crippen LogP contribution in [-0.2, 0) is 6.54 Å². The molecular weight excluding hydrogens is 452 g/mol. The minimum Gasteiger partial charge on any atom is -0.472 e. The third-order valence-electron chi connectivity index (χ3n) is 6.30. The summed E-state index contributed by atoms with van der Waals surface area (Å²) < 4.78 is 6.38. The van der Waals surface area contributed by atoms with Gasteiger partial charge in [0.2, 0.25) is 5.88 Å². The predicted molar refractivity (Wildman–Crippen MR) is 138 cm³/mol. The first-order valence-corrected chi connectivity index (χ1v) is 12.2. The Morgan fingerprint density at radius 1 is 1.14 bits per heavy atom. The molecule has 7 heteroatoms. The van der Waals surface area contributed by atoms with Gasteiger partial charge < -0.3 is 14.7 Å². The van der Waals surface area contributed by atoms with Gasteiger partial charge in [-0.25, -0.2) is 4.98 Å². The maximum absolute atomic E-state index is 13.6. The van der Waals surface area contributed by atoms with E-state index >= 15 is 0 Å². The van der Waals surface area contributed by atoms with E-state index in [4.69, 9.17) is 4.74 Å². The number of pyridine rings is 2. The van der Waals surface area contributed by atoms with Crippen LogP contribution in [0.5, 0.6) is 5.88 Å². The molecule has 4 rings (SSSR count). The van der Waals surface area contributed by atoms with E-state index in [1.54, 1.807) is 23.4 Å². The van der Waals surface area contributed by atoms with Crippen molar-refractivity contribution in [2.24, 2.45) is 5.92 Å². The quantitative estimate of drug-likeness (QED) is 0.542. The topological polar surface area (TPSA) is 78.8 Å². The maximum atomic E-state index is 13.6. The van der Waals surface area contributed by atoms with Crippen LogP contribution in [0.3, 0.4) is 0 Å². The SMILES string of the molecule is C[C@@H]1CN([C@H](C)CO)C(=O)c2cc(C#Cc3ccccc3)cnc2O[C@H]1CN(C)Cc1ccccn1. The fourth-order valence-electron chi connectivity index (χ4n) is 4.19. The van der Waals surface area contributed by atoms with Gasteiger partial charge in [-0.15, -0.1) is 0 Å². The van der Waals surface area contributed by atoms with Gasteiger partial charge in [0.05, 0.1) is 18.3 Å². The van der Waals surface area contributed by atoms with Crippen LogP contribution in [0.4, 0.5) is 0 Å². The summed E-state index contributed by atoms with van der Waals surface area (Å²) in [6, 6.07) is 16.9. The van der Waals surface area contributed by atoms with Gasteiger partial charge in [0.15, 0.2) is 0 Å². The van der Waals surface area contributed by atoms with Gasteiger partial charge >= 0.3 is 0 Å². The highest BCUT2D eigenvalue weighted by molar-refractivity contribution is 5.97. The zero-order valence-corrected chi connectivity index (χ0v) is 21.0. The maximum Gasteiger partial charge on any atom is 0.259 e. The lowest BCUT2D eigenvalue weighted by Gasteiger charge is -2.37. The van der Waals surface area contributed by atoms with Crippen LogP contribution in [0.25, 0.3) is 0 Å². The molecule has 0 bridgehead atoms. The van der Waals surface area contributed by atoms with Crippen LogP contribution in [0.2, 0.25) is 0 Å². The molecule has 1 aliphatic rings. The lowest BCUT2D eigenvalue weighted by Crippen LogP contribution is -2.49. The summed E-state index contributed by atoms with van der Waals surface area (Å²) in [6.07, 6.45) is 3.21. The molecular formula is C29H32N4O3. The van der Waals surface area contributed by atoms with Gasteiger partial charge in [-0.2, -0.15) is 0 Å². The highest BCUT2D eigenvalue weighted by atomic mass is 16.5. The zero-order valence-electron chi connectivity index (χ0n) is 21.0. The number of hydrogen-bond donors (Lipinski definition) is 1. The number of carbonyl (C=O) groups excluding carboxylic acids is 1. The molecule has 36 heavy (non-hydrogen) atoms. The lowest BCUT2D eigenvalue weighted by atomic mass is 10.00. The highest BCUT2D eigenvalue weighted by Crippen LogP contribution is 2.27. The highest BCUT2D eigenvalue weighted by Gasteiger charge is 2.34. The van der Waals surface area contributed by atoms with Crippen molar-refractivity contribution in [2.45, 2.75) is 32.5 Å². The van der Waals surface area contributed by atoms with Gasteiger partial charge in [0.1, 0.15) is 11.7 Å². The largest absolute Gasteiger partial charge is 0.472 e. The predicted octanol–water partition coefficient (Wildman–Crippen LogP) is 3.23. The van der Waals surface area contributed by atoms with Crippen molar-refractivity contribution in [3.63, 3.8) is 0 Å². The van der Waals surface area contributed by atoms with E-state index in [1.165, 1.54) is 0 Å².